The van der Waals surface area contributed by atoms with Gasteiger partial charge in [-0.2, -0.15) is 0 Å². The topological polar surface area (TPSA) is 81.1 Å². The van der Waals surface area contributed by atoms with Crippen molar-refractivity contribution in [2.45, 2.75) is 33.4 Å². The van der Waals surface area contributed by atoms with E-state index in [-0.39, 0.29) is 23.8 Å². The molecule has 1 amide bonds. The molecule has 6 nitrogen and oxygen atoms in total. The third-order valence-electron chi connectivity index (χ3n) is 3.52. The van der Waals surface area contributed by atoms with Gasteiger partial charge >= 0.3 is 0 Å². The summed E-state index contributed by atoms with van der Waals surface area (Å²) >= 11 is 5.89. The summed E-state index contributed by atoms with van der Waals surface area (Å²) in [5.41, 5.74) is 0.163. The summed E-state index contributed by atoms with van der Waals surface area (Å²) in [6.07, 6.45) is 1.32. The predicted octanol–water partition coefficient (Wildman–Crippen LogP) is 1.78. The quantitative estimate of drug-likeness (QED) is 0.903. The Morgan fingerprint density at radius 1 is 1.35 bits per heavy atom. The summed E-state index contributed by atoms with van der Waals surface area (Å²) in [5, 5.41) is 3.42. The van der Waals surface area contributed by atoms with Crippen molar-refractivity contribution < 1.29 is 9.59 Å². The molecule has 23 heavy (non-hydrogen) atoms. The highest BCUT2D eigenvalue weighted by Gasteiger charge is 2.21. The number of benzene rings is 1. The smallest absolute Gasteiger partial charge is 0.261 e. The number of ketones is 1. The number of fused-ring (bicyclic) bond motifs is 1. The maximum atomic E-state index is 12.4. The minimum Gasteiger partial charge on any atom is -0.344 e. The lowest BCUT2D eigenvalue weighted by atomic mass is 10.0. The molecule has 1 heterocycles. The van der Waals surface area contributed by atoms with E-state index in [4.69, 9.17) is 11.6 Å². The summed E-state index contributed by atoms with van der Waals surface area (Å²) < 4.78 is 1.20. The number of rotatable bonds is 5. The second-order valence-electron chi connectivity index (χ2n) is 5.74. The molecule has 0 radical (unpaired) electrons. The zero-order valence-electron chi connectivity index (χ0n) is 13.2. The van der Waals surface area contributed by atoms with Gasteiger partial charge in [-0.05, 0) is 31.0 Å². The third kappa shape index (κ3) is 3.96. The molecule has 0 bridgehead atoms. The second-order valence-corrected chi connectivity index (χ2v) is 6.18. The molecule has 1 aromatic carbocycles. The van der Waals surface area contributed by atoms with Gasteiger partial charge in [0.1, 0.15) is 6.54 Å². The molecule has 0 aliphatic rings. The van der Waals surface area contributed by atoms with Crippen LogP contribution < -0.4 is 10.9 Å². The summed E-state index contributed by atoms with van der Waals surface area (Å²) in [4.78, 5) is 40.2. The largest absolute Gasteiger partial charge is 0.344 e. The maximum Gasteiger partial charge on any atom is 0.261 e. The van der Waals surface area contributed by atoms with Crippen molar-refractivity contribution in [3.8, 4) is 0 Å². The first-order valence-electron chi connectivity index (χ1n) is 7.24. The molecule has 0 aliphatic heterocycles. The van der Waals surface area contributed by atoms with Gasteiger partial charge in [-0.3, -0.25) is 19.0 Å². The Kier molecular flexibility index (Phi) is 5.15. The van der Waals surface area contributed by atoms with Crippen LogP contribution in [0.4, 0.5) is 0 Å². The molecule has 1 atom stereocenters. The van der Waals surface area contributed by atoms with E-state index in [1.807, 2.05) is 13.8 Å². The molecule has 0 saturated carbocycles. The van der Waals surface area contributed by atoms with Crippen molar-refractivity contribution in [2.24, 2.45) is 5.92 Å². The van der Waals surface area contributed by atoms with Crippen LogP contribution in [0.3, 0.4) is 0 Å². The lowest BCUT2D eigenvalue weighted by molar-refractivity contribution is -0.128. The predicted molar refractivity (Wildman–Crippen MR) is 88.5 cm³/mol. The number of halogens is 1. The number of amides is 1. The van der Waals surface area contributed by atoms with Crippen molar-refractivity contribution in [3.05, 3.63) is 39.9 Å². The minimum absolute atomic E-state index is 0.0262. The first-order valence-corrected chi connectivity index (χ1v) is 7.62. The molecule has 2 rings (SSSR count). The number of Topliss-reactive ketones (excluding diaryl/α,β-unsaturated/α-hetero) is 1. The lowest BCUT2D eigenvalue weighted by Gasteiger charge is -2.19. The molecular weight excluding hydrogens is 318 g/mol. The highest BCUT2D eigenvalue weighted by atomic mass is 35.5. The summed E-state index contributed by atoms with van der Waals surface area (Å²) in [6.45, 7) is 4.91. The van der Waals surface area contributed by atoms with E-state index in [1.54, 1.807) is 12.1 Å². The van der Waals surface area contributed by atoms with Gasteiger partial charge in [0.15, 0.2) is 5.78 Å². The van der Waals surface area contributed by atoms with Crippen LogP contribution >= 0.6 is 11.6 Å². The molecule has 7 heteroatoms. The summed E-state index contributed by atoms with van der Waals surface area (Å²) in [6, 6.07) is 4.25. The molecule has 2 aromatic rings. The molecule has 122 valence electrons. The zero-order chi connectivity index (χ0) is 17.1. The molecule has 1 N–H and O–H groups in total. The molecule has 0 saturated heterocycles. The monoisotopic (exact) mass is 335 g/mol. The average molecular weight is 336 g/mol. The maximum absolute atomic E-state index is 12.4. The highest BCUT2D eigenvalue weighted by Crippen LogP contribution is 2.14. The Morgan fingerprint density at radius 2 is 2.04 bits per heavy atom. The van der Waals surface area contributed by atoms with E-state index in [9.17, 15) is 14.4 Å². The Hall–Kier alpha value is -2.21. The van der Waals surface area contributed by atoms with Gasteiger partial charge in [0.2, 0.25) is 5.91 Å². The highest BCUT2D eigenvalue weighted by molar-refractivity contribution is 6.31. The van der Waals surface area contributed by atoms with E-state index in [1.165, 1.54) is 23.9 Å². The van der Waals surface area contributed by atoms with Crippen LogP contribution in [-0.2, 0) is 16.1 Å². The normalized spacial score (nSPS) is 12.4. The van der Waals surface area contributed by atoms with Gasteiger partial charge in [-0.25, -0.2) is 4.98 Å². The van der Waals surface area contributed by atoms with Crippen LogP contribution in [0.1, 0.15) is 20.8 Å². The van der Waals surface area contributed by atoms with Crippen molar-refractivity contribution in [2.75, 3.05) is 0 Å². The first-order chi connectivity index (χ1) is 10.8. The average Bonchev–Trinajstić information content (AvgIpc) is 2.47. The van der Waals surface area contributed by atoms with Gasteiger partial charge < -0.3 is 5.32 Å². The van der Waals surface area contributed by atoms with Crippen LogP contribution in [0.2, 0.25) is 5.02 Å². The van der Waals surface area contributed by atoms with E-state index < -0.39 is 11.9 Å². The Bertz CT molecular complexity index is 814. The van der Waals surface area contributed by atoms with Gasteiger partial charge in [0, 0.05) is 5.02 Å². The van der Waals surface area contributed by atoms with E-state index >= 15 is 0 Å². The van der Waals surface area contributed by atoms with E-state index in [0.717, 1.165) is 0 Å². The van der Waals surface area contributed by atoms with Crippen LogP contribution in [0.15, 0.2) is 29.3 Å². The Morgan fingerprint density at radius 3 is 2.65 bits per heavy atom. The fourth-order valence-corrected chi connectivity index (χ4v) is 2.53. The van der Waals surface area contributed by atoms with Crippen molar-refractivity contribution in [3.63, 3.8) is 0 Å². The molecule has 0 fully saturated rings. The number of hydrogen-bond donors (Lipinski definition) is 1. The molecular formula is C16H18ClN3O3. The zero-order valence-corrected chi connectivity index (χ0v) is 13.9. The molecule has 0 unspecified atom stereocenters. The third-order valence-corrected chi connectivity index (χ3v) is 3.76. The first kappa shape index (κ1) is 17.1. The number of carbonyl (C=O) groups is 2. The molecule has 0 aliphatic carbocycles. The Labute approximate surface area is 138 Å². The standard InChI is InChI=1S/C16H18ClN3O3/c1-9(2)15(10(3)21)19-14(22)7-20-8-18-13-5-4-11(17)6-12(13)16(20)23/h4-6,8-9,15H,7H2,1-3H3,(H,19,22)/t15-/m0/s1. The SMILES string of the molecule is CC(=O)[C@@H](NC(=O)Cn1cnc2ccc(Cl)cc2c1=O)C(C)C. The van der Waals surface area contributed by atoms with Crippen molar-refractivity contribution in [1.82, 2.24) is 14.9 Å². The Balaban J connectivity index is 2.25. The van der Waals surface area contributed by atoms with Gasteiger partial charge in [0.25, 0.3) is 5.56 Å². The van der Waals surface area contributed by atoms with Crippen LogP contribution in [0.25, 0.3) is 10.9 Å². The van der Waals surface area contributed by atoms with Crippen LogP contribution in [-0.4, -0.2) is 27.3 Å². The number of carbonyl (C=O) groups excluding carboxylic acids is 2. The lowest BCUT2D eigenvalue weighted by Crippen LogP contribution is -2.45. The van der Waals surface area contributed by atoms with Gasteiger partial charge in [-0.1, -0.05) is 25.4 Å². The van der Waals surface area contributed by atoms with Crippen LogP contribution in [0.5, 0.6) is 0 Å². The van der Waals surface area contributed by atoms with Gasteiger partial charge in [0.05, 0.1) is 23.3 Å². The number of aromatic nitrogens is 2. The molecule has 0 spiro atoms. The van der Waals surface area contributed by atoms with Gasteiger partial charge in [-0.15, -0.1) is 0 Å². The van der Waals surface area contributed by atoms with E-state index in [2.05, 4.69) is 10.3 Å². The van der Waals surface area contributed by atoms with Crippen molar-refractivity contribution >= 4 is 34.2 Å². The summed E-state index contributed by atoms with van der Waals surface area (Å²) in [7, 11) is 0. The fraction of sp³-hybridized carbons (Fsp3) is 0.375. The van der Waals surface area contributed by atoms with Crippen molar-refractivity contribution in [1.29, 1.82) is 0 Å². The molecule has 1 aromatic heterocycles. The summed E-state index contributed by atoms with van der Waals surface area (Å²) in [5.74, 6) is -0.560. The number of hydrogen-bond acceptors (Lipinski definition) is 4. The number of nitrogens with one attached hydrogen (secondary N) is 1. The van der Waals surface area contributed by atoms with Crippen LogP contribution in [0, 0.1) is 5.92 Å². The van der Waals surface area contributed by atoms with E-state index in [0.29, 0.717) is 15.9 Å². The minimum atomic E-state index is -0.568. The second kappa shape index (κ2) is 6.91. The fourth-order valence-electron chi connectivity index (χ4n) is 2.36. The number of nitrogens with zero attached hydrogens (tertiary/aromatic N) is 2.